The third-order valence-corrected chi connectivity index (χ3v) is 7.05. The molecule has 0 radical (unpaired) electrons. The van der Waals surface area contributed by atoms with Gasteiger partial charge in [-0.05, 0) is 18.1 Å². The molecule has 39 heavy (non-hydrogen) atoms. The molecule has 1 aliphatic rings. The van der Waals surface area contributed by atoms with Gasteiger partial charge in [0.25, 0.3) is 11.0 Å². The Balaban J connectivity index is 1.43. The lowest BCUT2D eigenvalue weighted by Gasteiger charge is -2.20. The fraction of sp³-hybridized carbons (Fsp3) is 0.370. The van der Waals surface area contributed by atoms with Crippen LogP contribution in [0.4, 0.5) is 4.39 Å². The molecule has 0 spiro atoms. The van der Waals surface area contributed by atoms with Gasteiger partial charge in [0.05, 0.1) is 38.3 Å². The second-order valence-electron chi connectivity index (χ2n) is 9.12. The number of aromatic nitrogens is 4. The number of rotatable bonds is 11. The topological polar surface area (TPSA) is 114 Å². The quantitative estimate of drug-likeness (QED) is 0.274. The molecule has 1 saturated heterocycles. The summed E-state index contributed by atoms with van der Waals surface area (Å²) in [5, 5.41) is 3.66. The van der Waals surface area contributed by atoms with Crippen molar-refractivity contribution in [1.82, 2.24) is 19.6 Å². The molecule has 0 aliphatic carbocycles. The van der Waals surface area contributed by atoms with Gasteiger partial charge in [0.2, 0.25) is 15.5 Å². The van der Waals surface area contributed by atoms with Gasteiger partial charge < -0.3 is 18.9 Å². The van der Waals surface area contributed by atoms with Crippen LogP contribution in [0.5, 0.6) is 5.88 Å². The molecule has 4 atom stereocenters. The largest absolute Gasteiger partial charge is 0.475 e. The minimum absolute atomic E-state index is 0.0211. The summed E-state index contributed by atoms with van der Waals surface area (Å²) in [6.45, 7) is 2.54. The maximum absolute atomic E-state index is 16.1. The highest BCUT2D eigenvalue weighted by Crippen LogP contribution is 2.38. The molecule has 5 rings (SSSR count). The molecule has 206 valence electrons. The van der Waals surface area contributed by atoms with Crippen LogP contribution in [-0.4, -0.2) is 65.8 Å². The molecule has 10 nitrogen and oxygen atoms in total. The second-order valence-corrected chi connectivity index (χ2v) is 11.0. The standard InChI is InChI=1S/C27H29FN4O6S/c1-3-36-26-25-29-14-20(32(25)31-27(30-26)39(2,33)34)23-22(28)24(37-16-19-12-8-5-9-13-19)21(38-23)17-35-15-18-10-6-4-7-11-18/h4-14,21-24H,3,15-17H2,1-2H3/t21?,22-,23-,24+/m0/s1. The van der Waals surface area contributed by atoms with Crippen LogP contribution in [-0.2, 0) is 37.3 Å². The number of alkyl halides is 1. The first-order chi connectivity index (χ1) is 18.8. The molecular formula is C27H29FN4O6S. The number of imidazole rings is 1. The third kappa shape index (κ3) is 6.09. The lowest BCUT2D eigenvalue weighted by Crippen LogP contribution is -2.34. The molecule has 0 saturated carbocycles. The number of hydrogen-bond acceptors (Lipinski definition) is 9. The Kier molecular flexibility index (Phi) is 8.17. The van der Waals surface area contributed by atoms with Crippen LogP contribution in [0.15, 0.2) is 72.0 Å². The molecule has 3 heterocycles. The Morgan fingerprint density at radius 3 is 2.33 bits per heavy atom. The van der Waals surface area contributed by atoms with Crippen LogP contribution >= 0.6 is 0 Å². The Morgan fingerprint density at radius 1 is 1.03 bits per heavy atom. The SMILES string of the molecule is CCOc1nc(S(C)(=O)=O)nn2c([C@@H]3OC(COCc4ccccc4)[C@@H](OCc4ccccc4)[C@H]3F)cnc12. The monoisotopic (exact) mass is 556 g/mol. The zero-order chi connectivity index (χ0) is 27.4. The normalized spacial score (nSPS) is 21.4. The third-order valence-electron chi connectivity index (χ3n) is 6.21. The number of sulfone groups is 1. The Labute approximate surface area is 225 Å². The van der Waals surface area contributed by atoms with Crippen molar-refractivity contribution in [2.45, 2.75) is 49.8 Å². The van der Waals surface area contributed by atoms with E-state index in [9.17, 15) is 8.42 Å². The average Bonchev–Trinajstić information content (AvgIpc) is 3.49. The molecule has 2 aromatic carbocycles. The lowest BCUT2D eigenvalue weighted by atomic mass is 10.1. The summed E-state index contributed by atoms with van der Waals surface area (Å²) in [7, 11) is -3.80. The summed E-state index contributed by atoms with van der Waals surface area (Å²) in [6, 6.07) is 19.1. The van der Waals surface area contributed by atoms with Crippen molar-refractivity contribution in [1.29, 1.82) is 0 Å². The van der Waals surface area contributed by atoms with E-state index in [-0.39, 0.29) is 37.0 Å². The summed E-state index contributed by atoms with van der Waals surface area (Å²) in [5.41, 5.74) is 2.23. The average molecular weight is 557 g/mol. The van der Waals surface area contributed by atoms with Crippen molar-refractivity contribution in [3.05, 3.63) is 83.7 Å². The second kappa shape index (κ2) is 11.7. The number of ether oxygens (including phenoxy) is 4. The van der Waals surface area contributed by atoms with E-state index in [0.29, 0.717) is 6.61 Å². The van der Waals surface area contributed by atoms with Crippen LogP contribution in [0.1, 0.15) is 29.8 Å². The van der Waals surface area contributed by atoms with Crippen LogP contribution < -0.4 is 4.74 Å². The minimum atomic E-state index is -3.80. The first-order valence-electron chi connectivity index (χ1n) is 12.5. The molecule has 0 bridgehead atoms. The van der Waals surface area contributed by atoms with E-state index in [0.717, 1.165) is 17.4 Å². The van der Waals surface area contributed by atoms with Gasteiger partial charge in [-0.1, -0.05) is 60.7 Å². The fourth-order valence-electron chi connectivity index (χ4n) is 4.36. The molecule has 4 aromatic rings. The summed E-state index contributed by atoms with van der Waals surface area (Å²) < 4.78 is 65.4. The Bertz CT molecular complexity index is 1500. The zero-order valence-electron chi connectivity index (χ0n) is 21.5. The van der Waals surface area contributed by atoms with E-state index >= 15 is 4.39 Å². The Hall–Kier alpha value is -3.45. The van der Waals surface area contributed by atoms with Gasteiger partial charge >= 0.3 is 0 Å². The zero-order valence-corrected chi connectivity index (χ0v) is 22.3. The van der Waals surface area contributed by atoms with Crippen molar-refractivity contribution in [2.24, 2.45) is 0 Å². The van der Waals surface area contributed by atoms with Gasteiger partial charge in [0.1, 0.15) is 18.3 Å². The number of fused-ring (bicyclic) bond motifs is 1. The van der Waals surface area contributed by atoms with Crippen molar-refractivity contribution >= 4 is 15.5 Å². The van der Waals surface area contributed by atoms with Gasteiger partial charge in [-0.2, -0.15) is 4.98 Å². The summed E-state index contributed by atoms with van der Waals surface area (Å²) in [4.78, 5) is 8.28. The van der Waals surface area contributed by atoms with E-state index in [4.69, 9.17) is 18.9 Å². The van der Waals surface area contributed by atoms with Crippen molar-refractivity contribution in [3.63, 3.8) is 0 Å². The molecular weight excluding hydrogens is 527 g/mol. The summed E-state index contributed by atoms with van der Waals surface area (Å²) in [6.07, 6.45) is -2.10. The van der Waals surface area contributed by atoms with Crippen LogP contribution in [0, 0.1) is 0 Å². The summed E-state index contributed by atoms with van der Waals surface area (Å²) in [5.74, 6) is -0.0211. The van der Waals surface area contributed by atoms with E-state index in [2.05, 4.69) is 15.1 Å². The Morgan fingerprint density at radius 2 is 1.69 bits per heavy atom. The smallest absolute Gasteiger partial charge is 0.268 e. The molecule has 1 aliphatic heterocycles. The number of halogens is 1. The maximum atomic E-state index is 16.1. The van der Waals surface area contributed by atoms with E-state index < -0.39 is 39.5 Å². The van der Waals surface area contributed by atoms with Crippen LogP contribution in [0.3, 0.4) is 0 Å². The highest BCUT2D eigenvalue weighted by atomic mass is 32.2. The predicted molar refractivity (Wildman–Crippen MR) is 139 cm³/mol. The predicted octanol–water partition coefficient (Wildman–Crippen LogP) is 3.51. The number of benzene rings is 2. The number of nitrogens with zero attached hydrogens (tertiary/aromatic N) is 4. The summed E-state index contributed by atoms with van der Waals surface area (Å²) >= 11 is 0. The molecule has 0 N–H and O–H groups in total. The first kappa shape index (κ1) is 27.1. The van der Waals surface area contributed by atoms with Gasteiger partial charge in [-0.3, -0.25) is 0 Å². The minimum Gasteiger partial charge on any atom is -0.475 e. The molecule has 12 heteroatoms. The maximum Gasteiger partial charge on any atom is 0.268 e. The fourth-order valence-corrected chi connectivity index (χ4v) is 4.84. The van der Waals surface area contributed by atoms with Gasteiger partial charge in [-0.15, -0.1) is 5.10 Å². The van der Waals surface area contributed by atoms with Crippen molar-refractivity contribution in [2.75, 3.05) is 19.5 Å². The number of hydrogen-bond donors (Lipinski definition) is 0. The molecule has 1 fully saturated rings. The molecule has 1 unspecified atom stereocenters. The highest BCUT2D eigenvalue weighted by Gasteiger charge is 2.48. The van der Waals surface area contributed by atoms with Crippen LogP contribution in [0.25, 0.3) is 5.65 Å². The van der Waals surface area contributed by atoms with Crippen molar-refractivity contribution < 1.29 is 31.8 Å². The molecule has 0 amide bonds. The van der Waals surface area contributed by atoms with E-state index in [1.807, 2.05) is 60.7 Å². The van der Waals surface area contributed by atoms with Gasteiger partial charge in [0.15, 0.2) is 6.17 Å². The van der Waals surface area contributed by atoms with E-state index in [1.165, 1.54) is 10.7 Å². The van der Waals surface area contributed by atoms with Gasteiger partial charge in [-0.25, -0.2) is 22.3 Å². The van der Waals surface area contributed by atoms with Crippen LogP contribution in [0.2, 0.25) is 0 Å². The first-order valence-corrected chi connectivity index (χ1v) is 14.4. The lowest BCUT2D eigenvalue weighted by molar-refractivity contribution is -0.0742. The van der Waals surface area contributed by atoms with Gasteiger partial charge in [0, 0.05) is 6.26 Å². The molecule has 2 aromatic heterocycles. The van der Waals surface area contributed by atoms with E-state index in [1.54, 1.807) is 6.92 Å². The highest BCUT2D eigenvalue weighted by molar-refractivity contribution is 7.90. The van der Waals surface area contributed by atoms with Crippen molar-refractivity contribution in [3.8, 4) is 5.88 Å².